The lowest BCUT2D eigenvalue weighted by Crippen LogP contribution is -2.25. The van der Waals surface area contributed by atoms with Crippen molar-refractivity contribution in [3.8, 4) is 0 Å². The minimum absolute atomic E-state index is 0.0382. The molecule has 0 radical (unpaired) electrons. The molecule has 88 valence electrons. The molecule has 0 fully saturated rings. The standard InChI is InChI=1S/C10H15ClN4O/c1-2-6-13-10(16)5-7-12-9-4-3-8(11)14-15-9/h3-4H,2,5-7H2,1H3,(H,12,15)(H,13,16). The lowest BCUT2D eigenvalue weighted by atomic mass is 10.3. The number of anilines is 1. The topological polar surface area (TPSA) is 66.9 Å². The predicted octanol–water partition coefficient (Wildman–Crippen LogP) is 1.46. The van der Waals surface area contributed by atoms with Crippen LogP contribution >= 0.6 is 11.6 Å². The van der Waals surface area contributed by atoms with E-state index in [-0.39, 0.29) is 5.91 Å². The minimum Gasteiger partial charge on any atom is -0.368 e. The van der Waals surface area contributed by atoms with Gasteiger partial charge >= 0.3 is 0 Å². The average Bonchev–Trinajstić information content (AvgIpc) is 2.29. The zero-order valence-corrected chi connectivity index (χ0v) is 9.92. The van der Waals surface area contributed by atoms with E-state index in [9.17, 15) is 4.79 Å². The first-order valence-electron chi connectivity index (χ1n) is 5.22. The van der Waals surface area contributed by atoms with E-state index in [1.807, 2.05) is 6.92 Å². The number of amides is 1. The molecule has 1 amide bonds. The SMILES string of the molecule is CCCNC(=O)CCNc1ccc(Cl)nn1. The third-order valence-electron chi connectivity index (χ3n) is 1.86. The van der Waals surface area contributed by atoms with E-state index < -0.39 is 0 Å². The fraction of sp³-hybridized carbons (Fsp3) is 0.500. The molecule has 0 bridgehead atoms. The Labute approximate surface area is 99.6 Å². The molecule has 5 nitrogen and oxygen atoms in total. The quantitative estimate of drug-likeness (QED) is 0.793. The number of rotatable bonds is 6. The van der Waals surface area contributed by atoms with E-state index in [0.29, 0.717) is 23.9 Å². The number of halogens is 1. The van der Waals surface area contributed by atoms with Crippen molar-refractivity contribution >= 4 is 23.3 Å². The van der Waals surface area contributed by atoms with Gasteiger partial charge in [-0.2, -0.15) is 0 Å². The molecular weight excluding hydrogens is 228 g/mol. The van der Waals surface area contributed by atoms with Gasteiger partial charge in [0.15, 0.2) is 5.15 Å². The van der Waals surface area contributed by atoms with Crippen LogP contribution < -0.4 is 10.6 Å². The zero-order chi connectivity index (χ0) is 11.8. The van der Waals surface area contributed by atoms with Gasteiger partial charge < -0.3 is 10.6 Å². The molecule has 0 aliphatic rings. The van der Waals surface area contributed by atoms with Crippen molar-refractivity contribution in [1.82, 2.24) is 15.5 Å². The molecule has 0 aliphatic carbocycles. The van der Waals surface area contributed by atoms with Gasteiger partial charge in [0, 0.05) is 19.5 Å². The van der Waals surface area contributed by atoms with Gasteiger partial charge in [-0.25, -0.2) is 0 Å². The maximum atomic E-state index is 11.2. The van der Waals surface area contributed by atoms with Crippen molar-refractivity contribution in [2.75, 3.05) is 18.4 Å². The first kappa shape index (κ1) is 12.7. The van der Waals surface area contributed by atoms with Gasteiger partial charge in [-0.1, -0.05) is 18.5 Å². The van der Waals surface area contributed by atoms with Crippen molar-refractivity contribution in [1.29, 1.82) is 0 Å². The monoisotopic (exact) mass is 242 g/mol. The summed E-state index contributed by atoms with van der Waals surface area (Å²) < 4.78 is 0. The molecule has 0 unspecified atom stereocenters. The van der Waals surface area contributed by atoms with Gasteiger partial charge in [-0.3, -0.25) is 4.79 Å². The van der Waals surface area contributed by atoms with Crippen LogP contribution in [-0.4, -0.2) is 29.2 Å². The molecule has 0 aromatic carbocycles. The number of hydrogen-bond donors (Lipinski definition) is 2. The Kier molecular flexibility index (Phi) is 5.56. The zero-order valence-electron chi connectivity index (χ0n) is 9.16. The lowest BCUT2D eigenvalue weighted by molar-refractivity contribution is -0.120. The average molecular weight is 243 g/mol. The largest absolute Gasteiger partial charge is 0.368 e. The second-order valence-electron chi connectivity index (χ2n) is 3.27. The Morgan fingerprint density at radius 3 is 2.81 bits per heavy atom. The summed E-state index contributed by atoms with van der Waals surface area (Å²) in [6, 6.07) is 3.37. The molecule has 1 heterocycles. The van der Waals surface area contributed by atoms with Crippen molar-refractivity contribution in [3.63, 3.8) is 0 Å². The first-order valence-corrected chi connectivity index (χ1v) is 5.60. The summed E-state index contributed by atoms with van der Waals surface area (Å²) in [5, 5.41) is 13.6. The Hall–Kier alpha value is -1.36. The van der Waals surface area contributed by atoms with Gasteiger partial charge in [0.25, 0.3) is 0 Å². The van der Waals surface area contributed by atoms with E-state index in [4.69, 9.17) is 11.6 Å². The number of aromatic nitrogens is 2. The Bertz CT molecular complexity index is 328. The highest BCUT2D eigenvalue weighted by atomic mass is 35.5. The molecular formula is C10H15ClN4O. The van der Waals surface area contributed by atoms with Crippen LogP contribution in [0.25, 0.3) is 0 Å². The van der Waals surface area contributed by atoms with Crippen LogP contribution in [0.1, 0.15) is 19.8 Å². The molecule has 0 saturated heterocycles. The number of carbonyl (C=O) groups excluding carboxylic acids is 1. The predicted molar refractivity (Wildman–Crippen MR) is 63.4 cm³/mol. The van der Waals surface area contributed by atoms with Crippen LogP contribution in [-0.2, 0) is 4.79 Å². The molecule has 1 aromatic rings. The van der Waals surface area contributed by atoms with Crippen molar-refractivity contribution in [2.24, 2.45) is 0 Å². The summed E-state index contributed by atoms with van der Waals surface area (Å²) in [5.74, 6) is 0.656. The van der Waals surface area contributed by atoms with Gasteiger partial charge in [-0.05, 0) is 18.6 Å². The third-order valence-corrected chi connectivity index (χ3v) is 2.06. The Balaban J connectivity index is 2.20. The number of nitrogens with zero attached hydrogens (tertiary/aromatic N) is 2. The number of carbonyl (C=O) groups is 1. The maximum absolute atomic E-state index is 11.2. The normalized spacial score (nSPS) is 9.88. The summed E-state index contributed by atoms with van der Waals surface area (Å²) in [4.78, 5) is 11.2. The second-order valence-corrected chi connectivity index (χ2v) is 3.66. The van der Waals surface area contributed by atoms with Crippen LogP contribution in [0.15, 0.2) is 12.1 Å². The van der Waals surface area contributed by atoms with Crippen LogP contribution in [0.3, 0.4) is 0 Å². The molecule has 0 aliphatic heterocycles. The molecule has 0 spiro atoms. The summed E-state index contributed by atoms with van der Waals surface area (Å²) in [7, 11) is 0. The van der Waals surface area contributed by atoms with E-state index >= 15 is 0 Å². The van der Waals surface area contributed by atoms with Crippen LogP contribution in [0.4, 0.5) is 5.82 Å². The van der Waals surface area contributed by atoms with E-state index in [0.717, 1.165) is 13.0 Å². The summed E-state index contributed by atoms with van der Waals surface area (Å²) in [6.45, 7) is 3.27. The highest BCUT2D eigenvalue weighted by molar-refractivity contribution is 6.29. The van der Waals surface area contributed by atoms with E-state index in [1.165, 1.54) is 0 Å². The molecule has 1 aromatic heterocycles. The Morgan fingerprint density at radius 2 is 2.19 bits per heavy atom. The van der Waals surface area contributed by atoms with Gasteiger partial charge in [0.2, 0.25) is 5.91 Å². The molecule has 2 N–H and O–H groups in total. The lowest BCUT2D eigenvalue weighted by Gasteiger charge is -2.05. The second kappa shape index (κ2) is 7.00. The summed E-state index contributed by atoms with van der Waals surface area (Å²) in [6.07, 6.45) is 1.37. The smallest absolute Gasteiger partial charge is 0.221 e. The molecule has 0 saturated carbocycles. The van der Waals surface area contributed by atoms with Gasteiger partial charge in [0.05, 0.1) is 0 Å². The van der Waals surface area contributed by atoms with Crippen molar-refractivity contribution in [3.05, 3.63) is 17.3 Å². The van der Waals surface area contributed by atoms with Gasteiger partial charge in [0.1, 0.15) is 5.82 Å². The molecule has 6 heteroatoms. The maximum Gasteiger partial charge on any atom is 0.221 e. The fourth-order valence-corrected chi connectivity index (χ4v) is 1.17. The molecule has 0 atom stereocenters. The molecule has 1 rings (SSSR count). The van der Waals surface area contributed by atoms with Gasteiger partial charge in [-0.15, -0.1) is 10.2 Å². The van der Waals surface area contributed by atoms with Crippen LogP contribution in [0, 0.1) is 0 Å². The highest BCUT2D eigenvalue weighted by Crippen LogP contribution is 2.05. The minimum atomic E-state index is 0.0382. The van der Waals surface area contributed by atoms with E-state index in [2.05, 4.69) is 20.8 Å². The number of hydrogen-bond acceptors (Lipinski definition) is 4. The first-order chi connectivity index (χ1) is 7.72. The fourth-order valence-electron chi connectivity index (χ4n) is 1.07. The van der Waals surface area contributed by atoms with E-state index in [1.54, 1.807) is 12.1 Å². The summed E-state index contributed by atoms with van der Waals surface area (Å²) in [5.41, 5.74) is 0. The van der Waals surface area contributed by atoms with Crippen LogP contribution in [0.5, 0.6) is 0 Å². The number of nitrogens with one attached hydrogen (secondary N) is 2. The summed E-state index contributed by atoms with van der Waals surface area (Å²) >= 11 is 5.59. The van der Waals surface area contributed by atoms with Crippen molar-refractivity contribution < 1.29 is 4.79 Å². The van der Waals surface area contributed by atoms with Crippen molar-refractivity contribution in [2.45, 2.75) is 19.8 Å². The Morgan fingerprint density at radius 1 is 1.38 bits per heavy atom. The third kappa shape index (κ3) is 4.93. The molecule has 16 heavy (non-hydrogen) atoms. The highest BCUT2D eigenvalue weighted by Gasteiger charge is 2.00. The van der Waals surface area contributed by atoms with Crippen LogP contribution in [0.2, 0.25) is 5.15 Å².